The molecule has 0 spiro atoms. The number of nitrogens with zero attached hydrogens (tertiary/aromatic N) is 4. The first kappa shape index (κ1) is 21.1. The number of piperazine rings is 1. The highest BCUT2D eigenvalue weighted by atomic mass is 19.4. The molecule has 29 heavy (non-hydrogen) atoms. The predicted molar refractivity (Wildman–Crippen MR) is 106 cm³/mol. The van der Waals surface area contributed by atoms with Crippen LogP contribution in [0.25, 0.3) is 11.3 Å². The molecule has 0 atom stereocenters. The fourth-order valence-corrected chi connectivity index (χ4v) is 3.06. The molecule has 1 aliphatic heterocycles. The first-order valence-corrected chi connectivity index (χ1v) is 9.40. The van der Waals surface area contributed by atoms with Gasteiger partial charge in [-0.2, -0.15) is 4.98 Å². The molecule has 3 rings (SSSR count). The molecule has 1 saturated heterocycles. The maximum atomic E-state index is 12.5. The Labute approximate surface area is 167 Å². The van der Waals surface area contributed by atoms with E-state index in [1.54, 1.807) is 19.2 Å². The number of anilines is 2. The summed E-state index contributed by atoms with van der Waals surface area (Å²) in [7, 11) is 3.81. The summed E-state index contributed by atoms with van der Waals surface area (Å²) in [6.07, 6.45) is -4.74. The van der Waals surface area contributed by atoms with Gasteiger partial charge < -0.3 is 20.3 Å². The number of rotatable bonds is 7. The Balaban J connectivity index is 1.69. The van der Waals surface area contributed by atoms with Crippen molar-refractivity contribution in [1.82, 2.24) is 19.8 Å². The van der Waals surface area contributed by atoms with Crippen molar-refractivity contribution in [2.75, 3.05) is 64.0 Å². The largest absolute Gasteiger partial charge is 0.573 e. The molecule has 0 radical (unpaired) electrons. The van der Waals surface area contributed by atoms with Crippen LogP contribution in [0.15, 0.2) is 30.3 Å². The number of aromatic nitrogens is 2. The van der Waals surface area contributed by atoms with Crippen molar-refractivity contribution in [3.8, 4) is 17.0 Å². The van der Waals surface area contributed by atoms with Gasteiger partial charge in [-0.25, -0.2) is 4.98 Å². The molecule has 1 aromatic carbocycles. The maximum absolute atomic E-state index is 12.5. The van der Waals surface area contributed by atoms with Gasteiger partial charge in [-0.1, -0.05) is 12.1 Å². The summed E-state index contributed by atoms with van der Waals surface area (Å²) in [6, 6.07) is 7.46. The van der Waals surface area contributed by atoms with E-state index < -0.39 is 6.36 Å². The van der Waals surface area contributed by atoms with E-state index in [4.69, 9.17) is 0 Å². The lowest BCUT2D eigenvalue weighted by molar-refractivity contribution is -0.274. The van der Waals surface area contributed by atoms with Gasteiger partial charge in [0, 0.05) is 57.9 Å². The first-order chi connectivity index (χ1) is 13.8. The van der Waals surface area contributed by atoms with E-state index in [2.05, 4.69) is 42.2 Å². The molecule has 0 saturated carbocycles. The molecule has 1 aliphatic rings. The SMILES string of the molecule is CNc1nc(NCCN2CCN(C)CC2)cc(-c2cccc(OC(F)(F)F)c2)n1. The standard InChI is InChI=1S/C19H25F3N6O/c1-23-18-25-16(14-4-3-5-15(12-14)29-19(20,21)22)13-17(26-18)24-6-7-28-10-8-27(2)9-11-28/h3-5,12-13H,6-11H2,1-2H3,(H2,23,24,25,26). The molecular weight excluding hydrogens is 385 g/mol. The Morgan fingerprint density at radius 1 is 1.10 bits per heavy atom. The van der Waals surface area contributed by atoms with Gasteiger partial charge in [0.1, 0.15) is 11.6 Å². The van der Waals surface area contributed by atoms with Gasteiger partial charge in [0.15, 0.2) is 0 Å². The minimum absolute atomic E-state index is 0.288. The van der Waals surface area contributed by atoms with E-state index in [1.165, 1.54) is 18.2 Å². The average Bonchev–Trinajstić information content (AvgIpc) is 2.68. The van der Waals surface area contributed by atoms with Gasteiger partial charge >= 0.3 is 6.36 Å². The second-order valence-electron chi connectivity index (χ2n) is 6.86. The van der Waals surface area contributed by atoms with Crippen LogP contribution in [-0.4, -0.2) is 79.5 Å². The number of hydrogen-bond donors (Lipinski definition) is 2. The highest BCUT2D eigenvalue weighted by Crippen LogP contribution is 2.28. The molecular formula is C19H25F3N6O. The van der Waals surface area contributed by atoms with E-state index in [1.807, 2.05) is 0 Å². The zero-order valence-electron chi connectivity index (χ0n) is 16.5. The van der Waals surface area contributed by atoms with Crippen LogP contribution in [0.4, 0.5) is 24.9 Å². The highest BCUT2D eigenvalue weighted by Gasteiger charge is 2.31. The molecule has 158 valence electrons. The summed E-state index contributed by atoms with van der Waals surface area (Å²) >= 11 is 0. The molecule has 0 amide bonds. The van der Waals surface area contributed by atoms with Crippen molar-refractivity contribution in [3.63, 3.8) is 0 Å². The van der Waals surface area contributed by atoms with E-state index in [0.717, 1.165) is 32.7 Å². The Hall–Kier alpha value is -2.59. The fraction of sp³-hybridized carbons (Fsp3) is 0.474. The van der Waals surface area contributed by atoms with E-state index >= 15 is 0 Å². The van der Waals surface area contributed by atoms with Gasteiger partial charge in [-0.3, -0.25) is 4.90 Å². The normalized spacial score (nSPS) is 15.9. The van der Waals surface area contributed by atoms with Crippen LogP contribution in [0.5, 0.6) is 5.75 Å². The number of nitrogens with one attached hydrogen (secondary N) is 2. The fourth-order valence-electron chi connectivity index (χ4n) is 3.06. The number of halogens is 3. The molecule has 0 bridgehead atoms. The Morgan fingerprint density at radius 3 is 2.55 bits per heavy atom. The molecule has 2 N–H and O–H groups in total. The number of hydrogen-bond acceptors (Lipinski definition) is 7. The zero-order chi connectivity index (χ0) is 20.9. The first-order valence-electron chi connectivity index (χ1n) is 9.40. The second-order valence-corrected chi connectivity index (χ2v) is 6.86. The van der Waals surface area contributed by atoms with Crippen LogP contribution >= 0.6 is 0 Å². The van der Waals surface area contributed by atoms with Gasteiger partial charge in [0.25, 0.3) is 0 Å². The van der Waals surface area contributed by atoms with Gasteiger partial charge in [-0.15, -0.1) is 13.2 Å². The topological polar surface area (TPSA) is 65.6 Å². The molecule has 1 aromatic heterocycles. The molecule has 0 unspecified atom stereocenters. The molecule has 1 fully saturated rings. The lowest BCUT2D eigenvalue weighted by Crippen LogP contribution is -2.45. The number of ether oxygens (including phenoxy) is 1. The number of benzene rings is 1. The third-order valence-corrected chi connectivity index (χ3v) is 4.64. The van der Waals surface area contributed by atoms with Crippen molar-refractivity contribution in [2.45, 2.75) is 6.36 Å². The molecule has 2 aromatic rings. The number of alkyl halides is 3. The Bertz CT molecular complexity index is 809. The third kappa shape index (κ3) is 6.47. The van der Waals surface area contributed by atoms with Crippen molar-refractivity contribution in [2.24, 2.45) is 0 Å². The molecule has 7 nitrogen and oxygen atoms in total. The maximum Gasteiger partial charge on any atom is 0.573 e. The van der Waals surface area contributed by atoms with Gasteiger partial charge in [-0.05, 0) is 19.2 Å². The molecule has 10 heteroatoms. The smallest absolute Gasteiger partial charge is 0.406 e. The van der Waals surface area contributed by atoms with Crippen molar-refractivity contribution in [1.29, 1.82) is 0 Å². The van der Waals surface area contributed by atoms with E-state index in [9.17, 15) is 13.2 Å². The lowest BCUT2D eigenvalue weighted by Gasteiger charge is -2.32. The number of likely N-dealkylation sites (N-methyl/N-ethyl adjacent to an activating group) is 1. The highest BCUT2D eigenvalue weighted by molar-refractivity contribution is 5.65. The summed E-state index contributed by atoms with van der Waals surface area (Å²) in [5.74, 6) is 0.701. The van der Waals surface area contributed by atoms with E-state index in [-0.39, 0.29) is 5.75 Å². The quantitative estimate of drug-likeness (QED) is 0.728. The molecule has 0 aliphatic carbocycles. The predicted octanol–water partition coefficient (Wildman–Crippen LogP) is 2.74. The van der Waals surface area contributed by atoms with Crippen molar-refractivity contribution < 1.29 is 17.9 Å². The van der Waals surface area contributed by atoms with Crippen molar-refractivity contribution in [3.05, 3.63) is 30.3 Å². The van der Waals surface area contributed by atoms with Crippen LogP contribution in [0.3, 0.4) is 0 Å². The summed E-state index contributed by atoms with van der Waals surface area (Å²) < 4.78 is 41.5. The van der Waals surface area contributed by atoms with Crippen LogP contribution in [-0.2, 0) is 0 Å². The van der Waals surface area contributed by atoms with Crippen LogP contribution in [0.2, 0.25) is 0 Å². The van der Waals surface area contributed by atoms with Gasteiger partial charge in [0.2, 0.25) is 5.95 Å². The monoisotopic (exact) mass is 410 g/mol. The zero-order valence-corrected chi connectivity index (χ0v) is 16.5. The summed E-state index contributed by atoms with van der Waals surface area (Å²) in [5, 5.41) is 6.17. The average molecular weight is 410 g/mol. The summed E-state index contributed by atoms with van der Waals surface area (Å²) in [6.45, 7) is 5.76. The summed E-state index contributed by atoms with van der Waals surface area (Å²) in [5.41, 5.74) is 1.01. The second kappa shape index (κ2) is 9.27. The van der Waals surface area contributed by atoms with Crippen molar-refractivity contribution >= 4 is 11.8 Å². The lowest BCUT2D eigenvalue weighted by atomic mass is 10.1. The van der Waals surface area contributed by atoms with Gasteiger partial charge in [0.05, 0.1) is 5.69 Å². The van der Waals surface area contributed by atoms with Crippen LogP contribution in [0, 0.1) is 0 Å². The third-order valence-electron chi connectivity index (χ3n) is 4.64. The minimum Gasteiger partial charge on any atom is -0.406 e. The Morgan fingerprint density at radius 2 is 1.86 bits per heavy atom. The van der Waals surface area contributed by atoms with E-state index in [0.29, 0.717) is 29.6 Å². The molecule has 2 heterocycles. The minimum atomic E-state index is -4.74. The Kier molecular flexibility index (Phi) is 6.75. The van der Waals surface area contributed by atoms with Crippen LogP contribution < -0.4 is 15.4 Å². The van der Waals surface area contributed by atoms with Crippen LogP contribution in [0.1, 0.15) is 0 Å². The summed E-state index contributed by atoms with van der Waals surface area (Å²) in [4.78, 5) is 13.4.